The van der Waals surface area contributed by atoms with Crippen molar-refractivity contribution < 1.29 is 4.74 Å². The summed E-state index contributed by atoms with van der Waals surface area (Å²) in [6.45, 7) is 3.87. The number of methoxy groups -OCH3 is 1. The van der Waals surface area contributed by atoms with Crippen molar-refractivity contribution in [3.8, 4) is 5.75 Å². The van der Waals surface area contributed by atoms with Crippen LogP contribution >= 0.6 is 0 Å². The summed E-state index contributed by atoms with van der Waals surface area (Å²) in [7, 11) is 1.64. The third-order valence-corrected chi connectivity index (χ3v) is 3.28. The Morgan fingerprint density at radius 3 is 2.74 bits per heavy atom. The molecule has 1 unspecified atom stereocenters. The molecule has 0 aromatic heterocycles. The molecule has 1 atom stereocenters. The molecule has 5 N–H and O–H groups in total. The number of ether oxygens (including phenoxy) is 1. The van der Waals surface area contributed by atoms with Crippen molar-refractivity contribution >= 4 is 5.84 Å². The van der Waals surface area contributed by atoms with Gasteiger partial charge in [0.25, 0.3) is 0 Å². The minimum Gasteiger partial charge on any atom is -0.497 e. The Labute approximate surface area is 113 Å². The minimum atomic E-state index is -0.903. The van der Waals surface area contributed by atoms with Gasteiger partial charge in [-0.2, -0.15) is 0 Å². The third kappa shape index (κ3) is 2.88. The number of rotatable bonds is 3. The van der Waals surface area contributed by atoms with E-state index in [0.717, 1.165) is 22.6 Å². The van der Waals surface area contributed by atoms with Gasteiger partial charge in [0.05, 0.1) is 7.11 Å². The largest absolute Gasteiger partial charge is 0.497 e. The average Bonchev–Trinajstić information content (AvgIpc) is 2.35. The molecule has 0 amide bonds. The maximum atomic E-state index is 6.27. The summed E-state index contributed by atoms with van der Waals surface area (Å²) >= 11 is 0. The van der Waals surface area contributed by atoms with Crippen molar-refractivity contribution in [1.82, 2.24) is 5.32 Å². The molecule has 2 rings (SSSR count). The van der Waals surface area contributed by atoms with Crippen molar-refractivity contribution in [1.29, 1.82) is 0 Å². The molecule has 5 heteroatoms. The third-order valence-electron chi connectivity index (χ3n) is 3.28. The fourth-order valence-corrected chi connectivity index (χ4v) is 2.11. The normalized spacial score (nSPS) is 22.8. The zero-order valence-corrected chi connectivity index (χ0v) is 11.5. The Balaban J connectivity index is 2.23. The lowest BCUT2D eigenvalue weighted by Gasteiger charge is -2.33. The highest BCUT2D eigenvalue weighted by Crippen LogP contribution is 2.20. The Bertz CT molecular complexity index is 550. The van der Waals surface area contributed by atoms with E-state index in [4.69, 9.17) is 16.2 Å². The molecule has 0 saturated carbocycles. The molecule has 0 fully saturated rings. The highest BCUT2D eigenvalue weighted by Gasteiger charge is 2.29. The van der Waals surface area contributed by atoms with Crippen LogP contribution in [0.25, 0.3) is 0 Å². The summed E-state index contributed by atoms with van der Waals surface area (Å²) in [6, 6.07) is 7.77. The molecule has 102 valence electrons. The second-order valence-electron chi connectivity index (χ2n) is 4.82. The lowest BCUT2D eigenvalue weighted by atomic mass is 10.0. The predicted octanol–water partition coefficient (Wildman–Crippen LogP) is 1.10. The molecule has 0 saturated heterocycles. The van der Waals surface area contributed by atoms with E-state index in [1.807, 2.05) is 38.1 Å². The van der Waals surface area contributed by atoms with Crippen LogP contribution in [0.2, 0.25) is 0 Å². The standard InChI is InChI=1S/C14H20N4O/c1-9-10(2)17-14(16,18-13(9)15)8-11-5-4-6-12(7-11)19-3/h4-7,17H,8,16H2,1-3H3,(H2,15,18). The van der Waals surface area contributed by atoms with E-state index in [2.05, 4.69) is 10.3 Å². The maximum absolute atomic E-state index is 6.27. The average molecular weight is 260 g/mol. The first kappa shape index (κ1) is 13.4. The number of aliphatic imine (C=N–C) groups is 1. The fourth-order valence-electron chi connectivity index (χ4n) is 2.11. The van der Waals surface area contributed by atoms with E-state index in [1.54, 1.807) is 7.11 Å². The van der Waals surface area contributed by atoms with Crippen molar-refractivity contribution in [3.05, 3.63) is 41.1 Å². The van der Waals surface area contributed by atoms with Crippen LogP contribution in [0, 0.1) is 0 Å². The van der Waals surface area contributed by atoms with Gasteiger partial charge in [0, 0.05) is 17.7 Å². The molecule has 1 aromatic carbocycles. The van der Waals surface area contributed by atoms with Crippen LogP contribution in [0.15, 0.2) is 40.5 Å². The van der Waals surface area contributed by atoms with Crippen LogP contribution < -0.4 is 21.5 Å². The molecule has 0 aliphatic carbocycles. The SMILES string of the molecule is COc1cccc(CC2(N)N=C(N)C(C)=C(C)N2)c1. The van der Waals surface area contributed by atoms with Gasteiger partial charge >= 0.3 is 0 Å². The van der Waals surface area contributed by atoms with Gasteiger partial charge in [-0.15, -0.1) is 0 Å². The van der Waals surface area contributed by atoms with Crippen LogP contribution in [0.1, 0.15) is 19.4 Å². The molecule has 1 aliphatic heterocycles. The van der Waals surface area contributed by atoms with E-state index in [9.17, 15) is 0 Å². The first-order valence-electron chi connectivity index (χ1n) is 6.17. The van der Waals surface area contributed by atoms with Crippen LogP contribution in [-0.4, -0.2) is 18.7 Å². The molecule has 0 radical (unpaired) electrons. The number of hydrogen-bond donors (Lipinski definition) is 3. The zero-order chi connectivity index (χ0) is 14.0. The minimum absolute atomic E-state index is 0.488. The number of amidine groups is 1. The predicted molar refractivity (Wildman–Crippen MR) is 76.7 cm³/mol. The van der Waals surface area contributed by atoms with E-state index < -0.39 is 5.79 Å². The Morgan fingerprint density at radius 1 is 1.37 bits per heavy atom. The lowest BCUT2D eigenvalue weighted by Crippen LogP contribution is -2.56. The summed E-state index contributed by atoms with van der Waals surface area (Å²) in [4.78, 5) is 4.36. The quantitative estimate of drug-likeness (QED) is 0.759. The topological polar surface area (TPSA) is 85.7 Å². The summed E-state index contributed by atoms with van der Waals surface area (Å²) in [6.07, 6.45) is 0.537. The second-order valence-corrected chi connectivity index (χ2v) is 4.82. The van der Waals surface area contributed by atoms with Crippen LogP contribution in [0.3, 0.4) is 0 Å². The van der Waals surface area contributed by atoms with Gasteiger partial charge in [-0.3, -0.25) is 5.73 Å². The first-order chi connectivity index (χ1) is 8.93. The van der Waals surface area contributed by atoms with E-state index >= 15 is 0 Å². The van der Waals surface area contributed by atoms with E-state index in [1.165, 1.54) is 0 Å². The van der Waals surface area contributed by atoms with Gasteiger partial charge in [-0.25, -0.2) is 4.99 Å². The molecule has 1 aromatic rings. The Kier molecular flexibility index (Phi) is 3.48. The number of nitrogens with zero attached hydrogens (tertiary/aromatic N) is 1. The molecule has 0 bridgehead atoms. The first-order valence-corrected chi connectivity index (χ1v) is 6.17. The van der Waals surface area contributed by atoms with Gasteiger partial charge < -0.3 is 15.8 Å². The number of benzene rings is 1. The number of allylic oxidation sites excluding steroid dienone is 1. The van der Waals surface area contributed by atoms with Crippen molar-refractivity contribution in [2.75, 3.05) is 7.11 Å². The van der Waals surface area contributed by atoms with Gasteiger partial charge in [0.1, 0.15) is 11.6 Å². The number of nitrogens with one attached hydrogen (secondary N) is 1. The van der Waals surface area contributed by atoms with Crippen molar-refractivity contribution in [2.45, 2.75) is 26.1 Å². The molecular formula is C14H20N4O. The molecule has 0 spiro atoms. The highest BCUT2D eigenvalue weighted by atomic mass is 16.5. The summed E-state index contributed by atoms with van der Waals surface area (Å²) in [5.74, 6) is 0.388. The molecule has 19 heavy (non-hydrogen) atoms. The highest BCUT2D eigenvalue weighted by molar-refractivity contribution is 5.97. The van der Waals surface area contributed by atoms with E-state index in [0.29, 0.717) is 12.3 Å². The van der Waals surface area contributed by atoms with Gasteiger partial charge in [-0.05, 0) is 31.5 Å². The number of nitrogens with two attached hydrogens (primary N) is 2. The van der Waals surface area contributed by atoms with Crippen molar-refractivity contribution in [2.24, 2.45) is 16.5 Å². The number of hydrogen-bond acceptors (Lipinski definition) is 5. The van der Waals surface area contributed by atoms with Crippen molar-refractivity contribution in [3.63, 3.8) is 0 Å². The zero-order valence-electron chi connectivity index (χ0n) is 11.5. The summed E-state index contributed by atoms with van der Waals surface area (Å²) in [5, 5.41) is 3.21. The lowest BCUT2D eigenvalue weighted by molar-refractivity contribution is 0.372. The fraction of sp³-hybridized carbons (Fsp3) is 0.357. The molecule has 1 aliphatic rings. The van der Waals surface area contributed by atoms with Gasteiger partial charge in [0.15, 0.2) is 5.79 Å². The summed E-state index contributed by atoms with van der Waals surface area (Å²) < 4.78 is 5.21. The molecule has 5 nitrogen and oxygen atoms in total. The van der Waals surface area contributed by atoms with Gasteiger partial charge in [-0.1, -0.05) is 12.1 Å². The van der Waals surface area contributed by atoms with Crippen LogP contribution in [-0.2, 0) is 6.42 Å². The maximum Gasteiger partial charge on any atom is 0.188 e. The smallest absolute Gasteiger partial charge is 0.188 e. The van der Waals surface area contributed by atoms with Gasteiger partial charge in [0.2, 0.25) is 0 Å². The van der Waals surface area contributed by atoms with E-state index in [-0.39, 0.29) is 0 Å². The monoisotopic (exact) mass is 260 g/mol. The van der Waals surface area contributed by atoms with Crippen LogP contribution in [0.4, 0.5) is 0 Å². The second kappa shape index (κ2) is 4.93. The Morgan fingerprint density at radius 2 is 2.11 bits per heavy atom. The van der Waals surface area contributed by atoms with Crippen LogP contribution in [0.5, 0.6) is 5.75 Å². The molecular weight excluding hydrogens is 240 g/mol. The Hall–Kier alpha value is -2.01. The molecule has 1 heterocycles. The summed E-state index contributed by atoms with van der Waals surface area (Å²) in [5.41, 5.74) is 15.1.